The molecule has 0 atom stereocenters. The molecule has 0 saturated heterocycles. The largest absolute Gasteiger partial charge is 0.493 e. The number of nitrogens with one attached hydrogen (secondary N) is 1. The Kier molecular flexibility index (Phi) is 4.95. The summed E-state index contributed by atoms with van der Waals surface area (Å²) in [5.41, 5.74) is 1.01. The van der Waals surface area contributed by atoms with Crippen LogP contribution in [0.4, 0.5) is 0 Å². The Hall–Kier alpha value is -1.37. The summed E-state index contributed by atoms with van der Waals surface area (Å²) in [7, 11) is 1.61. The number of benzene rings is 1. The van der Waals surface area contributed by atoms with Crippen LogP contribution in [0.15, 0.2) is 12.1 Å². The lowest BCUT2D eigenvalue weighted by molar-refractivity contribution is 0.326. The number of hydrogen-bond donors (Lipinski definition) is 1. The summed E-state index contributed by atoms with van der Waals surface area (Å²) in [4.78, 5) is 0. The van der Waals surface area contributed by atoms with Crippen molar-refractivity contribution in [3.05, 3.63) is 22.7 Å². The van der Waals surface area contributed by atoms with Crippen molar-refractivity contribution in [3.8, 4) is 23.3 Å². The highest BCUT2D eigenvalue weighted by Gasteiger charge is 2.21. The Bertz CT molecular complexity index is 501. The van der Waals surface area contributed by atoms with E-state index < -0.39 is 0 Å². The number of rotatable bonds is 6. The summed E-state index contributed by atoms with van der Waals surface area (Å²) in [5, 5.41) is 4.10. The van der Waals surface area contributed by atoms with Crippen LogP contribution in [0.25, 0.3) is 0 Å². The van der Waals surface area contributed by atoms with E-state index in [9.17, 15) is 0 Å². The molecular formula is C15H18ClNO2. The molecule has 0 heterocycles. The first-order chi connectivity index (χ1) is 9.24. The molecule has 1 N–H and O–H groups in total. The average Bonchev–Trinajstić information content (AvgIpc) is 3.22. The molecule has 0 amide bonds. The van der Waals surface area contributed by atoms with Crippen LogP contribution in [0.5, 0.6) is 11.5 Å². The first-order valence-corrected chi connectivity index (χ1v) is 6.74. The van der Waals surface area contributed by atoms with Crippen LogP contribution >= 0.6 is 11.6 Å². The molecule has 1 fully saturated rings. The molecule has 1 aliphatic rings. The van der Waals surface area contributed by atoms with E-state index in [1.165, 1.54) is 12.8 Å². The molecular weight excluding hydrogens is 262 g/mol. The maximum atomic E-state index is 6.10. The van der Waals surface area contributed by atoms with E-state index in [0.29, 0.717) is 23.4 Å². The van der Waals surface area contributed by atoms with Crippen molar-refractivity contribution in [2.45, 2.75) is 32.4 Å². The van der Waals surface area contributed by atoms with Gasteiger partial charge in [-0.25, -0.2) is 0 Å². The number of halogens is 1. The molecule has 0 spiro atoms. The fraction of sp³-hybridized carbons (Fsp3) is 0.467. The van der Waals surface area contributed by atoms with Crippen LogP contribution in [0.2, 0.25) is 5.02 Å². The highest BCUT2D eigenvalue weighted by molar-refractivity contribution is 6.30. The zero-order valence-corrected chi connectivity index (χ0v) is 12.0. The van der Waals surface area contributed by atoms with E-state index in [2.05, 4.69) is 17.2 Å². The van der Waals surface area contributed by atoms with Crippen LogP contribution in [-0.2, 0) is 6.54 Å². The van der Waals surface area contributed by atoms with Gasteiger partial charge >= 0.3 is 0 Å². The quantitative estimate of drug-likeness (QED) is 0.812. The van der Waals surface area contributed by atoms with Gasteiger partial charge in [0, 0.05) is 29.2 Å². The third-order valence-electron chi connectivity index (χ3n) is 2.94. The topological polar surface area (TPSA) is 30.5 Å². The lowest BCUT2D eigenvalue weighted by Crippen LogP contribution is -2.16. The van der Waals surface area contributed by atoms with E-state index in [1.807, 2.05) is 6.07 Å². The van der Waals surface area contributed by atoms with E-state index >= 15 is 0 Å². The summed E-state index contributed by atoms with van der Waals surface area (Å²) < 4.78 is 11.0. The Balaban J connectivity index is 2.18. The summed E-state index contributed by atoms with van der Waals surface area (Å²) in [6, 6.07) is 4.30. The van der Waals surface area contributed by atoms with Crippen molar-refractivity contribution in [2.24, 2.45) is 0 Å². The molecule has 0 aliphatic heterocycles. The molecule has 0 unspecified atom stereocenters. The predicted octanol–water partition coefficient (Wildman–Crippen LogP) is 3.00. The van der Waals surface area contributed by atoms with Gasteiger partial charge in [0.15, 0.2) is 11.5 Å². The third kappa shape index (κ3) is 4.05. The van der Waals surface area contributed by atoms with Crippen molar-refractivity contribution in [2.75, 3.05) is 13.7 Å². The Morgan fingerprint density at radius 1 is 1.42 bits per heavy atom. The lowest BCUT2D eigenvalue weighted by Gasteiger charge is -2.15. The second-order valence-electron chi connectivity index (χ2n) is 4.47. The monoisotopic (exact) mass is 279 g/mol. The first-order valence-electron chi connectivity index (χ1n) is 6.36. The van der Waals surface area contributed by atoms with E-state index in [1.54, 1.807) is 20.1 Å². The van der Waals surface area contributed by atoms with Gasteiger partial charge in [-0.1, -0.05) is 17.5 Å². The number of ether oxygens (including phenoxy) is 2. The molecule has 102 valence electrons. The number of hydrogen-bond acceptors (Lipinski definition) is 3. The SMILES string of the molecule is CC#CCOc1c(CNC2CC2)cc(Cl)cc1OC. The lowest BCUT2D eigenvalue weighted by atomic mass is 10.2. The minimum atomic E-state index is 0.352. The van der Waals surface area contributed by atoms with Gasteiger partial charge in [-0.15, -0.1) is 5.92 Å². The van der Waals surface area contributed by atoms with Crippen molar-refractivity contribution < 1.29 is 9.47 Å². The van der Waals surface area contributed by atoms with Crippen molar-refractivity contribution in [3.63, 3.8) is 0 Å². The molecule has 1 aliphatic carbocycles. The molecule has 2 rings (SSSR count). The van der Waals surface area contributed by atoms with Crippen LogP contribution in [0.1, 0.15) is 25.3 Å². The highest BCUT2D eigenvalue weighted by atomic mass is 35.5. The maximum Gasteiger partial charge on any atom is 0.167 e. The molecule has 3 nitrogen and oxygen atoms in total. The average molecular weight is 280 g/mol. The molecule has 4 heteroatoms. The minimum Gasteiger partial charge on any atom is -0.493 e. The van der Waals surface area contributed by atoms with Gasteiger partial charge in [-0.05, 0) is 25.8 Å². The molecule has 0 aromatic heterocycles. The van der Waals surface area contributed by atoms with Gasteiger partial charge in [0.2, 0.25) is 0 Å². The second kappa shape index (κ2) is 6.70. The zero-order valence-electron chi connectivity index (χ0n) is 11.3. The normalized spacial score (nSPS) is 13.6. The van der Waals surface area contributed by atoms with E-state index in [0.717, 1.165) is 17.9 Å². The molecule has 1 saturated carbocycles. The van der Waals surface area contributed by atoms with Crippen LogP contribution in [-0.4, -0.2) is 19.8 Å². The first kappa shape index (κ1) is 14.0. The Labute approximate surface area is 119 Å². The van der Waals surface area contributed by atoms with Gasteiger partial charge in [0.05, 0.1) is 7.11 Å². The van der Waals surface area contributed by atoms with Crippen LogP contribution in [0, 0.1) is 11.8 Å². The van der Waals surface area contributed by atoms with Gasteiger partial charge in [-0.2, -0.15) is 0 Å². The third-order valence-corrected chi connectivity index (χ3v) is 3.16. The summed E-state index contributed by atoms with van der Waals surface area (Å²) in [6.07, 6.45) is 2.49. The van der Waals surface area contributed by atoms with Crippen molar-refractivity contribution in [1.29, 1.82) is 0 Å². The standard InChI is InChI=1S/C15H18ClNO2/c1-3-4-7-19-15-11(10-17-13-5-6-13)8-12(16)9-14(15)18-2/h8-9,13,17H,5-7,10H2,1-2H3. The molecule has 19 heavy (non-hydrogen) atoms. The maximum absolute atomic E-state index is 6.10. The zero-order chi connectivity index (χ0) is 13.7. The Morgan fingerprint density at radius 2 is 2.21 bits per heavy atom. The molecule has 1 aromatic carbocycles. The van der Waals surface area contributed by atoms with Gasteiger partial charge in [0.25, 0.3) is 0 Å². The highest BCUT2D eigenvalue weighted by Crippen LogP contribution is 2.35. The Morgan fingerprint density at radius 3 is 2.84 bits per heavy atom. The number of methoxy groups -OCH3 is 1. The smallest absolute Gasteiger partial charge is 0.167 e. The van der Waals surface area contributed by atoms with Gasteiger partial charge < -0.3 is 14.8 Å². The molecule has 1 aromatic rings. The van der Waals surface area contributed by atoms with Crippen molar-refractivity contribution >= 4 is 11.6 Å². The van der Waals surface area contributed by atoms with Gasteiger partial charge in [-0.3, -0.25) is 0 Å². The second-order valence-corrected chi connectivity index (χ2v) is 4.90. The van der Waals surface area contributed by atoms with Crippen LogP contribution < -0.4 is 14.8 Å². The fourth-order valence-electron chi connectivity index (χ4n) is 1.79. The molecule has 0 radical (unpaired) electrons. The van der Waals surface area contributed by atoms with E-state index in [-0.39, 0.29) is 0 Å². The predicted molar refractivity (Wildman–Crippen MR) is 76.8 cm³/mol. The van der Waals surface area contributed by atoms with Gasteiger partial charge in [0.1, 0.15) is 6.61 Å². The van der Waals surface area contributed by atoms with Crippen LogP contribution in [0.3, 0.4) is 0 Å². The summed E-state index contributed by atoms with van der Waals surface area (Å²) in [6.45, 7) is 2.87. The summed E-state index contributed by atoms with van der Waals surface area (Å²) >= 11 is 6.10. The molecule has 0 bridgehead atoms. The van der Waals surface area contributed by atoms with Crippen molar-refractivity contribution in [1.82, 2.24) is 5.32 Å². The summed E-state index contributed by atoms with van der Waals surface area (Å²) in [5.74, 6) is 7.07. The fourth-order valence-corrected chi connectivity index (χ4v) is 2.02. The minimum absolute atomic E-state index is 0.352. The van der Waals surface area contributed by atoms with E-state index in [4.69, 9.17) is 21.1 Å².